The molecule has 3 aromatic carbocycles. The molecule has 0 atom stereocenters. The van der Waals surface area contributed by atoms with Gasteiger partial charge in [-0.05, 0) is 49.2 Å². The van der Waals surface area contributed by atoms with Crippen molar-refractivity contribution in [1.29, 1.82) is 0 Å². The first-order valence-electron chi connectivity index (χ1n) is 12.6. The lowest BCUT2D eigenvalue weighted by Gasteiger charge is -2.35. The van der Waals surface area contributed by atoms with Crippen LogP contribution in [0.1, 0.15) is 25.3 Å². The molecule has 0 radical (unpaired) electrons. The van der Waals surface area contributed by atoms with Crippen molar-refractivity contribution < 1.29 is 22.3 Å². The van der Waals surface area contributed by atoms with E-state index in [-0.39, 0.29) is 29.4 Å². The molecule has 39 heavy (non-hydrogen) atoms. The maximum absolute atomic E-state index is 13.5. The van der Waals surface area contributed by atoms with Gasteiger partial charge in [0.15, 0.2) is 9.84 Å². The van der Waals surface area contributed by atoms with E-state index in [2.05, 4.69) is 26.1 Å². The number of nitrogens with one attached hydrogen (secondary N) is 1. The molecule has 2 amide bonds. The standard InChI is InChI=1S/C28H30BrClFN3O4S/c1-3-39(36,37)27-7-5-4-6-25(27)34-14-12-21(13-15-34)32-28(35)33(2)18-19-8-9-20(29)16-26(19)38-22-10-11-24(31)23(30)17-22/h4-11,16-17,21H,3,12-15,18H2,1-2H3,(H,32,35). The Labute approximate surface area is 241 Å². The molecule has 1 fully saturated rings. The molecular weight excluding hydrogens is 609 g/mol. The zero-order valence-electron chi connectivity index (χ0n) is 21.7. The average molecular weight is 639 g/mol. The fourth-order valence-corrected chi connectivity index (χ4v) is 6.06. The molecule has 1 aliphatic heterocycles. The number of urea groups is 1. The van der Waals surface area contributed by atoms with Crippen LogP contribution in [-0.4, -0.2) is 51.3 Å². The van der Waals surface area contributed by atoms with Crippen LogP contribution >= 0.6 is 27.5 Å². The summed E-state index contributed by atoms with van der Waals surface area (Å²) in [6.07, 6.45) is 1.39. The number of amides is 2. The lowest BCUT2D eigenvalue weighted by molar-refractivity contribution is 0.200. The second kappa shape index (κ2) is 12.6. The summed E-state index contributed by atoms with van der Waals surface area (Å²) in [4.78, 5) is 17.0. The van der Waals surface area contributed by atoms with Crippen molar-refractivity contribution in [1.82, 2.24) is 10.2 Å². The van der Waals surface area contributed by atoms with Crippen molar-refractivity contribution in [2.45, 2.75) is 37.2 Å². The Morgan fingerprint density at radius 1 is 1.15 bits per heavy atom. The van der Waals surface area contributed by atoms with Gasteiger partial charge in [-0.15, -0.1) is 0 Å². The largest absolute Gasteiger partial charge is 0.457 e. The van der Waals surface area contributed by atoms with E-state index in [1.165, 1.54) is 18.2 Å². The van der Waals surface area contributed by atoms with Crippen molar-refractivity contribution in [3.05, 3.63) is 81.5 Å². The van der Waals surface area contributed by atoms with E-state index in [0.717, 1.165) is 10.0 Å². The van der Waals surface area contributed by atoms with E-state index in [0.29, 0.717) is 48.0 Å². The summed E-state index contributed by atoms with van der Waals surface area (Å²) in [5, 5.41) is 3.05. The monoisotopic (exact) mass is 637 g/mol. The quantitative estimate of drug-likeness (QED) is 0.299. The van der Waals surface area contributed by atoms with Gasteiger partial charge in [0.25, 0.3) is 0 Å². The van der Waals surface area contributed by atoms with E-state index in [9.17, 15) is 17.6 Å². The van der Waals surface area contributed by atoms with Crippen LogP contribution in [0.2, 0.25) is 5.02 Å². The van der Waals surface area contributed by atoms with Gasteiger partial charge < -0.3 is 19.9 Å². The molecule has 1 N–H and O–H groups in total. The van der Waals surface area contributed by atoms with Crippen molar-refractivity contribution in [3.63, 3.8) is 0 Å². The smallest absolute Gasteiger partial charge is 0.317 e. The predicted molar refractivity (Wildman–Crippen MR) is 155 cm³/mol. The van der Waals surface area contributed by atoms with Gasteiger partial charge in [-0.3, -0.25) is 0 Å². The average Bonchev–Trinajstić information content (AvgIpc) is 2.92. The molecule has 1 saturated heterocycles. The number of carbonyl (C=O) groups excluding carboxylic acids is 1. The Morgan fingerprint density at radius 2 is 1.87 bits per heavy atom. The summed E-state index contributed by atoms with van der Waals surface area (Å²) < 4.78 is 45.4. The van der Waals surface area contributed by atoms with Crippen LogP contribution in [0, 0.1) is 5.82 Å². The summed E-state index contributed by atoms with van der Waals surface area (Å²) in [6.45, 7) is 3.20. The van der Waals surface area contributed by atoms with Crippen molar-refractivity contribution in [3.8, 4) is 11.5 Å². The van der Waals surface area contributed by atoms with Crippen LogP contribution in [-0.2, 0) is 16.4 Å². The Morgan fingerprint density at radius 3 is 2.56 bits per heavy atom. The minimum absolute atomic E-state index is 0.0341. The first-order valence-corrected chi connectivity index (χ1v) is 15.4. The van der Waals surface area contributed by atoms with Gasteiger partial charge in [-0.25, -0.2) is 17.6 Å². The SMILES string of the molecule is CCS(=O)(=O)c1ccccc1N1CCC(NC(=O)N(C)Cc2ccc(Br)cc2Oc2ccc(F)c(Cl)c2)CC1. The van der Waals surface area contributed by atoms with Crippen LogP contribution in [0.3, 0.4) is 0 Å². The molecule has 3 aromatic rings. The minimum Gasteiger partial charge on any atom is -0.457 e. The molecule has 11 heteroatoms. The number of ether oxygens (including phenoxy) is 1. The number of rotatable bonds is 8. The molecule has 4 rings (SSSR count). The molecule has 7 nitrogen and oxygen atoms in total. The molecule has 0 aromatic heterocycles. The Kier molecular flexibility index (Phi) is 9.40. The summed E-state index contributed by atoms with van der Waals surface area (Å²) in [6, 6.07) is 16.5. The summed E-state index contributed by atoms with van der Waals surface area (Å²) >= 11 is 9.33. The number of anilines is 1. The summed E-state index contributed by atoms with van der Waals surface area (Å²) in [7, 11) is -1.63. The number of nitrogens with zero attached hydrogens (tertiary/aromatic N) is 2. The van der Waals surface area contributed by atoms with Gasteiger partial charge in [-0.1, -0.05) is 52.7 Å². The molecule has 0 saturated carbocycles. The van der Waals surface area contributed by atoms with Gasteiger partial charge in [0, 0.05) is 42.3 Å². The number of piperidine rings is 1. The van der Waals surface area contributed by atoms with Crippen molar-refractivity contribution >= 4 is 49.1 Å². The first-order chi connectivity index (χ1) is 18.6. The highest BCUT2D eigenvalue weighted by Gasteiger charge is 2.26. The number of sulfone groups is 1. The first kappa shape index (κ1) is 29.2. The third-order valence-electron chi connectivity index (χ3n) is 6.65. The zero-order chi connectivity index (χ0) is 28.2. The topological polar surface area (TPSA) is 79.0 Å². The molecular formula is C28H30BrClFN3O4S. The van der Waals surface area contributed by atoms with Crippen LogP contribution in [0.25, 0.3) is 0 Å². The number of halogens is 3. The van der Waals surface area contributed by atoms with Crippen LogP contribution in [0.5, 0.6) is 11.5 Å². The van der Waals surface area contributed by atoms with E-state index in [1.807, 2.05) is 24.3 Å². The normalized spacial score (nSPS) is 14.2. The highest BCUT2D eigenvalue weighted by molar-refractivity contribution is 9.10. The second-order valence-corrected chi connectivity index (χ2v) is 12.9. The molecule has 0 spiro atoms. The third kappa shape index (κ3) is 7.23. The summed E-state index contributed by atoms with van der Waals surface area (Å²) in [5.74, 6) is 0.413. The van der Waals surface area contributed by atoms with E-state index < -0.39 is 15.7 Å². The van der Waals surface area contributed by atoms with Crippen molar-refractivity contribution in [2.24, 2.45) is 0 Å². The van der Waals surface area contributed by atoms with E-state index in [4.69, 9.17) is 16.3 Å². The van der Waals surface area contributed by atoms with Crippen LogP contribution < -0.4 is 15.0 Å². The Bertz CT molecular complexity index is 1450. The maximum Gasteiger partial charge on any atom is 0.317 e. The lowest BCUT2D eigenvalue weighted by atomic mass is 10.0. The van der Waals surface area contributed by atoms with Gasteiger partial charge in [0.05, 0.1) is 27.9 Å². The van der Waals surface area contributed by atoms with Crippen LogP contribution in [0.15, 0.2) is 70.0 Å². The molecule has 0 bridgehead atoms. The molecule has 1 heterocycles. The number of carbonyl (C=O) groups is 1. The zero-order valence-corrected chi connectivity index (χ0v) is 24.8. The second-order valence-electron chi connectivity index (χ2n) is 9.37. The van der Waals surface area contributed by atoms with Crippen LogP contribution in [0.4, 0.5) is 14.9 Å². The van der Waals surface area contributed by atoms with Gasteiger partial charge in [0.1, 0.15) is 17.3 Å². The Hall–Kier alpha value is -2.82. The molecule has 1 aliphatic rings. The lowest BCUT2D eigenvalue weighted by Crippen LogP contribution is -2.48. The maximum atomic E-state index is 13.5. The fraction of sp³-hybridized carbons (Fsp3) is 0.321. The molecule has 208 valence electrons. The molecule has 0 aliphatic carbocycles. The Balaban J connectivity index is 1.37. The minimum atomic E-state index is -3.34. The summed E-state index contributed by atoms with van der Waals surface area (Å²) in [5.41, 5.74) is 1.48. The third-order valence-corrected chi connectivity index (χ3v) is 9.20. The van der Waals surface area contributed by atoms with Gasteiger partial charge in [-0.2, -0.15) is 0 Å². The number of hydrogen-bond donors (Lipinski definition) is 1. The van der Waals surface area contributed by atoms with E-state index >= 15 is 0 Å². The molecule has 0 unspecified atom stereocenters. The number of para-hydroxylation sites is 1. The number of hydrogen-bond acceptors (Lipinski definition) is 5. The number of benzene rings is 3. The highest BCUT2D eigenvalue weighted by Crippen LogP contribution is 2.32. The van der Waals surface area contributed by atoms with Crippen molar-refractivity contribution in [2.75, 3.05) is 30.8 Å². The fourth-order valence-electron chi connectivity index (χ4n) is 4.44. The van der Waals surface area contributed by atoms with Gasteiger partial charge >= 0.3 is 6.03 Å². The predicted octanol–water partition coefficient (Wildman–Crippen LogP) is 6.64. The van der Waals surface area contributed by atoms with E-state index in [1.54, 1.807) is 37.1 Å². The highest BCUT2D eigenvalue weighted by atomic mass is 79.9. The van der Waals surface area contributed by atoms with Gasteiger partial charge in [0.2, 0.25) is 0 Å².